The minimum Gasteiger partial charge on any atom is -0.452 e. The quantitative estimate of drug-likeness (QED) is 0.654. The number of halogens is 2. The number of anilines is 1. The van der Waals surface area contributed by atoms with Crippen molar-refractivity contribution in [2.75, 3.05) is 11.9 Å². The summed E-state index contributed by atoms with van der Waals surface area (Å²) in [5, 5.41) is 7.19. The molecule has 3 aromatic rings. The Hall–Kier alpha value is -3.19. The van der Waals surface area contributed by atoms with Crippen molar-refractivity contribution in [3.63, 3.8) is 0 Å². The predicted octanol–water partition coefficient (Wildman–Crippen LogP) is 4.08. The molecule has 0 unspecified atom stereocenters. The molecule has 0 fully saturated rings. The van der Waals surface area contributed by atoms with Gasteiger partial charge in [-0.05, 0) is 44.2 Å². The molecule has 0 aliphatic rings. The molecule has 1 aromatic heterocycles. The zero-order valence-electron chi connectivity index (χ0n) is 15.2. The highest BCUT2D eigenvalue weighted by molar-refractivity contribution is 6.30. The van der Waals surface area contributed by atoms with Crippen LogP contribution in [0.1, 0.15) is 21.6 Å². The van der Waals surface area contributed by atoms with E-state index in [1.807, 2.05) is 31.2 Å². The average molecular weight is 402 g/mol. The maximum Gasteiger partial charge on any atom is 0.341 e. The van der Waals surface area contributed by atoms with Gasteiger partial charge in [-0.2, -0.15) is 5.10 Å². The molecular weight excluding hydrogens is 385 g/mol. The van der Waals surface area contributed by atoms with Crippen LogP contribution in [0.2, 0.25) is 5.02 Å². The molecule has 0 saturated heterocycles. The summed E-state index contributed by atoms with van der Waals surface area (Å²) in [5.41, 5.74) is 2.24. The number of hydrogen-bond acceptors (Lipinski definition) is 4. The first-order chi connectivity index (χ1) is 13.3. The van der Waals surface area contributed by atoms with Crippen LogP contribution >= 0.6 is 11.6 Å². The summed E-state index contributed by atoms with van der Waals surface area (Å²) in [7, 11) is 0. The highest BCUT2D eigenvalue weighted by Gasteiger charge is 2.17. The van der Waals surface area contributed by atoms with Gasteiger partial charge in [0.15, 0.2) is 6.61 Å². The second kappa shape index (κ2) is 8.22. The number of aryl methyl sites for hydroxylation is 2. The highest BCUT2D eigenvalue weighted by Crippen LogP contribution is 2.18. The van der Waals surface area contributed by atoms with Crippen molar-refractivity contribution in [1.82, 2.24) is 9.78 Å². The molecule has 0 aliphatic heterocycles. The van der Waals surface area contributed by atoms with Crippen LogP contribution in [0, 0.1) is 19.7 Å². The number of nitrogens with one attached hydrogen (secondary N) is 1. The monoisotopic (exact) mass is 401 g/mol. The van der Waals surface area contributed by atoms with E-state index in [4.69, 9.17) is 16.3 Å². The molecule has 2 aromatic carbocycles. The lowest BCUT2D eigenvalue weighted by Gasteiger charge is -2.10. The molecule has 0 saturated carbocycles. The predicted molar refractivity (Wildman–Crippen MR) is 103 cm³/mol. The Morgan fingerprint density at radius 2 is 1.86 bits per heavy atom. The third-order valence-corrected chi connectivity index (χ3v) is 4.10. The third-order valence-electron chi connectivity index (χ3n) is 3.86. The number of amides is 1. The number of ether oxygens (including phenoxy) is 1. The summed E-state index contributed by atoms with van der Waals surface area (Å²) < 4.78 is 20.2. The van der Waals surface area contributed by atoms with Crippen LogP contribution in [0.3, 0.4) is 0 Å². The molecular formula is C20H17ClFN3O3. The first-order valence-corrected chi connectivity index (χ1v) is 8.77. The van der Waals surface area contributed by atoms with Crippen molar-refractivity contribution in [3.8, 4) is 5.69 Å². The molecule has 0 spiro atoms. The van der Waals surface area contributed by atoms with Crippen molar-refractivity contribution in [3.05, 3.63) is 76.2 Å². The van der Waals surface area contributed by atoms with E-state index in [-0.39, 0.29) is 10.6 Å². The number of hydrogen-bond donors (Lipinski definition) is 1. The molecule has 6 nitrogen and oxygen atoms in total. The lowest BCUT2D eigenvalue weighted by molar-refractivity contribution is -0.119. The summed E-state index contributed by atoms with van der Waals surface area (Å²) in [6.45, 7) is 3.18. The van der Waals surface area contributed by atoms with Crippen LogP contribution < -0.4 is 5.32 Å². The minimum atomic E-state index is -0.974. The minimum absolute atomic E-state index is 0.190. The number of rotatable bonds is 5. The molecule has 0 aliphatic carbocycles. The van der Waals surface area contributed by atoms with Gasteiger partial charge >= 0.3 is 5.97 Å². The van der Waals surface area contributed by atoms with E-state index in [0.29, 0.717) is 11.5 Å². The van der Waals surface area contributed by atoms with Crippen molar-refractivity contribution in [1.29, 1.82) is 0 Å². The highest BCUT2D eigenvalue weighted by atomic mass is 35.5. The molecule has 1 N–H and O–H groups in total. The van der Waals surface area contributed by atoms with Crippen molar-refractivity contribution in [2.24, 2.45) is 0 Å². The van der Waals surface area contributed by atoms with Crippen molar-refractivity contribution in [2.45, 2.75) is 13.8 Å². The first kappa shape index (κ1) is 19.6. The van der Waals surface area contributed by atoms with E-state index in [1.54, 1.807) is 17.7 Å². The van der Waals surface area contributed by atoms with E-state index < -0.39 is 24.3 Å². The summed E-state index contributed by atoms with van der Waals surface area (Å²) in [6, 6.07) is 12.8. The molecule has 144 valence electrons. The maximum atomic E-state index is 13.7. The Kier molecular flexibility index (Phi) is 5.75. The molecule has 0 bridgehead atoms. The van der Waals surface area contributed by atoms with Gasteiger partial charge in [-0.3, -0.25) is 4.79 Å². The van der Waals surface area contributed by atoms with Gasteiger partial charge < -0.3 is 10.1 Å². The van der Waals surface area contributed by atoms with Crippen LogP contribution in [-0.4, -0.2) is 28.3 Å². The van der Waals surface area contributed by atoms with Crippen LogP contribution in [0.4, 0.5) is 10.2 Å². The van der Waals surface area contributed by atoms with E-state index >= 15 is 0 Å². The van der Waals surface area contributed by atoms with Crippen LogP contribution in [0.5, 0.6) is 0 Å². The zero-order chi connectivity index (χ0) is 20.3. The van der Waals surface area contributed by atoms with Crippen molar-refractivity contribution >= 4 is 29.3 Å². The van der Waals surface area contributed by atoms with Crippen LogP contribution in [-0.2, 0) is 9.53 Å². The molecule has 8 heteroatoms. The lowest BCUT2D eigenvalue weighted by Crippen LogP contribution is -2.22. The third kappa shape index (κ3) is 4.55. The van der Waals surface area contributed by atoms with E-state index in [2.05, 4.69) is 10.4 Å². The zero-order valence-corrected chi connectivity index (χ0v) is 16.0. The number of nitrogens with zero attached hydrogens (tertiary/aromatic N) is 2. The fourth-order valence-corrected chi connectivity index (χ4v) is 2.69. The van der Waals surface area contributed by atoms with Gasteiger partial charge in [0.1, 0.15) is 11.6 Å². The lowest BCUT2D eigenvalue weighted by atomic mass is 10.2. The fraction of sp³-hybridized carbons (Fsp3) is 0.150. The number of esters is 1. The van der Waals surface area contributed by atoms with Crippen LogP contribution in [0.25, 0.3) is 5.69 Å². The average Bonchev–Trinajstić information content (AvgIpc) is 3.02. The molecule has 28 heavy (non-hydrogen) atoms. The van der Waals surface area contributed by atoms with Gasteiger partial charge in [0, 0.05) is 11.1 Å². The Bertz CT molecular complexity index is 1030. The summed E-state index contributed by atoms with van der Waals surface area (Å²) in [5.74, 6) is -1.90. The number of aromatic nitrogens is 2. The standard InChI is InChI=1S/C20H17ClFN3O3/c1-12-3-6-15(7-4-12)25-18(9-13(2)24-25)23-19(26)11-28-20(27)16-10-14(21)5-8-17(16)22/h3-10H,11H2,1-2H3,(H,23,26). The van der Waals surface area contributed by atoms with Gasteiger partial charge in [-0.25, -0.2) is 13.9 Å². The fourth-order valence-electron chi connectivity index (χ4n) is 2.51. The van der Waals surface area contributed by atoms with Gasteiger partial charge in [0.25, 0.3) is 5.91 Å². The molecule has 0 atom stereocenters. The van der Waals surface area contributed by atoms with Crippen LogP contribution in [0.15, 0.2) is 48.5 Å². The van der Waals surface area contributed by atoms with E-state index in [9.17, 15) is 14.0 Å². The second-order valence-corrected chi connectivity index (χ2v) is 6.60. The second-order valence-electron chi connectivity index (χ2n) is 6.17. The maximum absolute atomic E-state index is 13.7. The van der Waals surface area contributed by atoms with E-state index in [1.165, 1.54) is 6.07 Å². The molecule has 3 rings (SSSR count). The SMILES string of the molecule is Cc1ccc(-n2nc(C)cc2NC(=O)COC(=O)c2cc(Cl)ccc2F)cc1. The normalized spacial score (nSPS) is 10.6. The van der Waals surface area contributed by atoms with Gasteiger partial charge in [0.05, 0.1) is 16.9 Å². The largest absolute Gasteiger partial charge is 0.452 e. The Morgan fingerprint density at radius 3 is 2.57 bits per heavy atom. The summed E-state index contributed by atoms with van der Waals surface area (Å²) in [4.78, 5) is 24.2. The molecule has 0 radical (unpaired) electrons. The Morgan fingerprint density at radius 1 is 1.14 bits per heavy atom. The van der Waals surface area contributed by atoms with Crippen molar-refractivity contribution < 1.29 is 18.7 Å². The van der Waals surface area contributed by atoms with E-state index in [0.717, 1.165) is 23.4 Å². The van der Waals surface area contributed by atoms with Gasteiger partial charge in [0.2, 0.25) is 0 Å². The Labute approximate surface area is 165 Å². The topological polar surface area (TPSA) is 73.2 Å². The first-order valence-electron chi connectivity index (χ1n) is 8.39. The number of carbonyl (C=O) groups is 2. The molecule has 1 amide bonds. The summed E-state index contributed by atoms with van der Waals surface area (Å²) >= 11 is 5.76. The Balaban J connectivity index is 1.68. The number of benzene rings is 2. The smallest absolute Gasteiger partial charge is 0.341 e. The summed E-state index contributed by atoms with van der Waals surface area (Å²) in [6.07, 6.45) is 0. The number of carbonyl (C=O) groups excluding carboxylic acids is 2. The van der Waals surface area contributed by atoms with Gasteiger partial charge in [-0.15, -0.1) is 0 Å². The van der Waals surface area contributed by atoms with Gasteiger partial charge in [-0.1, -0.05) is 29.3 Å². The molecule has 1 heterocycles.